The predicted octanol–water partition coefficient (Wildman–Crippen LogP) is 3.18. The minimum atomic E-state index is -0.0434. The third kappa shape index (κ3) is 4.58. The number of thiophene rings is 1. The fourth-order valence-corrected chi connectivity index (χ4v) is 2.74. The first kappa shape index (κ1) is 15.5. The Bertz CT molecular complexity index is 581. The van der Waals surface area contributed by atoms with Gasteiger partial charge in [0, 0.05) is 17.5 Å². The molecule has 1 aromatic heterocycles. The lowest BCUT2D eigenvalue weighted by atomic mass is 10.2. The zero-order valence-electron chi connectivity index (χ0n) is 12.4. The summed E-state index contributed by atoms with van der Waals surface area (Å²) in [5.74, 6) is -0.0434. The van der Waals surface area contributed by atoms with Crippen molar-refractivity contribution in [1.82, 2.24) is 4.90 Å². The second-order valence-electron chi connectivity index (χ2n) is 5.21. The van der Waals surface area contributed by atoms with E-state index in [4.69, 9.17) is 5.73 Å². The van der Waals surface area contributed by atoms with Crippen molar-refractivity contribution in [2.45, 2.75) is 26.4 Å². The van der Waals surface area contributed by atoms with Gasteiger partial charge >= 0.3 is 0 Å². The standard InChI is InChI=1S/C16H21N3OS/c1-12(2)19(10-13-6-5-9-21-13)11-16(20)18-15-8-4-3-7-14(15)17/h3-9,12H,10-11,17H2,1-2H3,(H,18,20). The Hall–Kier alpha value is -1.85. The molecular weight excluding hydrogens is 282 g/mol. The molecule has 0 radical (unpaired) electrons. The highest BCUT2D eigenvalue weighted by atomic mass is 32.1. The van der Waals surface area contributed by atoms with Crippen LogP contribution in [0.2, 0.25) is 0 Å². The molecule has 3 N–H and O–H groups in total. The molecule has 21 heavy (non-hydrogen) atoms. The summed E-state index contributed by atoms with van der Waals surface area (Å²) in [7, 11) is 0. The molecule has 1 heterocycles. The molecule has 0 saturated carbocycles. The molecule has 0 atom stereocenters. The maximum atomic E-state index is 12.2. The summed E-state index contributed by atoms with van der Waals surface area (Å²) in [6.45, 7) is 5.33. The molecule has 0 aliphatic rings. The van der Waals surface area contributed by atoms with Crippen LogP contribution in [0.3, 0.4) is 0 Å². The van der Waals surface area contributed by atoms with Crippen molar-refractivity contribution in [1.29, 1.82) is 0 Å². The summed E-state index contributed by atoms with van der Waals surface area (Å²) in [4.78, 5) is 15.6. The zero-order valence-corrected chi connectivity index (χ0v) is 13.2. The third-order valence-electron chi connectivity index (χ3n) is 3.25. The van der Waals surface area contributed by atoms with Crippen LogP contribution >= 0.6 is 11.3 Å². The number of carbonyl (C=O) groups is 1. The van der Waals surface area contributed by atoms with E-state index in [-0.39, 0.29) is 5.91 Å². The molecular formula is C16H21N3OS. The first-order valence-electron chi connectivity index (χ1n) is 6.97. The van der Waals surface area contributed by atoms with Crippen molar-refractivity contribution in [3.63, 3.8) is 0 Å². The number of rotatable bonds is 6. The quantitative estimate of drug-likeness (QED) is 0.806. The lowest BCUT2D eigenvalue weighted by Crippen LogP contribution is -2.37. The molecule has 5 heteroatoms. The largest absolute Gasteiger partial charge is 0.397 e. The number of hydrogen-bond acceptors (Lipinski definition) is 4. The zero-order chi connectivity index (χ0) is 15.2. The molecule has 0 aliphatic heterocycles. The number of amides is 1. The van der Waals surface area contributed by atoms with Crippen LogP contribution in [0.15, 0.2) is 41.8 Å². The molecule has 112 valence electrons. The summed E-state index contributed by atoms with van der Waals surface area (Å²) in [6, 6.07) is 11.7. The normalized spacial score (nSPS) is 11.0. The van der Waals surface area contributed by atoms with Crippen molar-refractivity contribution in [3.8, 4) is 0 Å². The smallest absolute Gasteiger partial charge is 0.238 e. The van der Waals surface area contributed by atoms with E-state index in [0.717, 1.165) is 6.54 Å². The van der Waals surface area contributed by atoms with Crippen molar-refractivity contribution >= 4 is 28.6 Å². The van der Waals surface area contributed by atoms with Gasteiger partial charge in [-0.2, -0.15) is 0 Å². The highest BCUT2D eigenvalue weighted by Crippen LogP contribution is 2.17. The van der Waals surface area contributed by atoms with E-state index in [1.807, 2.05) is 24.3 Å². The Morgan fingerprint density at radius 3 is 2.67 bits per heavy atom. The number of nitrogen functional groups attached to an aromatic ring is 1. The molecule has 0 fully saturated rings. The summed E-state index contributed by atoms with van der Waals surface area (Å²) in [5, 5.41) is 4.93. The lowest BCUT2D eigenvalue weighted by Gasteiger charge is -2.25. The number of para-hydroxylation sites is 2. The van der Waals surface area contributed by atoms with Crippen LogP contribution in [0.5, 0.6) is 0 Å². The number of hydrogen-bond donors (Lipinski definition) is 2. The number of nitrogens with two attached hydrogens (primary N) is 1. The van der Waals surface area contributed by atoms with E-state index in [1.54, 1.807) is 17.4 Å². The Balaban J connectivity index is 1.97. The van der Waals surface area contributed by atoms with Crippen LogP contribution in [-0.2, 0) is 11.3 Å². The summed E-state index contributed by atoms with van der Waals surface area (Å²) < 4.78 is 0. The van der Waals surface area contributed by atoms with Gasteiger partial charge in [-0.05, 0) is 37.4 Å². The fourth-order valence-electron chi connectivity index (χ4n) is 2.01. The molecule has 0 bridgehead atoms. The SMILES string of the molecule is CC(C)N(CC(=O)Nc1ccccc1N)Cc1cccs1. The van der Waals surface area contributed by atoms with Gasteiger partial charge < -0.3 is 11.1 Å². The van der Waals surface area contributed by atoms with E-state index in [2.05, 4.69) is 35.5 Å². The number of nitrogens with zero attached hydrogens (tertiary/aromatic N) is 1. The second-order valence-corrected chi connectivity index (χ2v) is 6.25. The monoisotopic (exact) mass is 303 g/mol. The highest BCUT2D eigenvalue weighted by molar-refractivity contribution is 7.09. The number of anilines is 2. The number of benzene rings is 1. The molecule has 4 nitrogen and oxygen atoms in total. The fraction of sp³-hybridized carbons (Fsp3) is 0.312. The molecule has 2 aromatic rings. The minimum Gasteiger partial charge on any atom is -0.397 e. The maximum absolute atomic E-state index is 12.2. The van der Waals surface area contributed by atoms with Gasteiger partial charge in [0.25, 0.3) is 0 Å². The van der Waals surface area contributed by atoms with Gasteiger partial charge in [-0.25, -0.2) is 0 Å². The first-order chi connectivity index (χ1) is 10.1. The molecule has 0 spiro atoms. The van der Waals surface area contributed by atoms with Gasteiger partial charge in [0.05, 0.1) is 17.9 Å². The Morgan fingerprint density at radius 2 is 2.05 bits per heavy atom. The molecule has 2 rings (SSSR count). The molecule has 0 aliphatic carbocycles. The van der Waals surface area contributed by atoms with Crippen molar-refractivity contribution < 1.29 is 4.79 Å². The first-order valence-corrected chi connectivity index (χ1v) is 7.85. The van der Waals surface area contributed by atoms with E-state index in [0.29, 0.717) is 24.0 Å². The van der Waals surface area contributed by atoms with Crippen LogP contribution in [0, 0.1) is 0 Å². The average molecular weight is 303 g/mol. The van der Waals surface area contributed by atoms with Gasteiger partial charge in [0.2, 0.25) is 5.91 Å². The molecule has 0 unspecified atom stereocenters. The van der Waals surface area contributed by atoms with Crippen LogP contribution < -0.4 is 11.1 Å². The Labute approximate surface area is 129 Å². The molecule has 1 amide bonds. The number of carbonyl (C=O) groups excluding carboxylic acids is 1. The van der Waals surface area contributed by atoms with E-state index in [1.165, 1.54) is 4.88 Å². The van der Waals surface area contributed by atoms with E-state index in [9.17, 15) is 4.79 Å². The van der Waals surface area contributed by atoms with Crippen molar-refractivity contribution in [3.05, 3.63) is 46.7 Å². The van der Waals surface area contributed by atoms with Crippen LogP contribution in [-0.4, -0.2) is 23.4 Å². The van der Waals surface area contributed by atoms with Crippen molar-refractivity contribution in [2.24, 2.45) is 0 Å². The topological polar surface area (TPSA) is 58.4 Å². The molecule has 0 saturated heterocycles. The van der Waals surface area contributed by atoms with Crippen LogP contribution in [0.1, 0.15) is 18.7 Å². The van der Waals surface area contributed by atoms with Crippen molar-refractivity contribution in [2.75, 3.05) is 17.6 Å². The average Bonchev–Trinajstić information content (AvgIpc) is 2.93. The van der Waals surface area contributed by atoms with Gasteiger partial charge in [-0.3, -0.25) is 9.69 Å². The van der Waals surface area contributed by atoms with Gasteiger partial charge in [-0.15, -0.1) is 11.3 Å². The van der Waals surface area contributed by atoms with Crippen LogP contribution in [0.4, 0.5) is 11.4 Å². The lowest BCUT2D eigenvalue weighted by molar-refractivity contribution is -0.117. The minimum absolute atomic E-state index is 0.0434. The maximum Gasteiger partial charge on any atom is 0.238 e. The Kier molecular flexibility index (Phi) is 5.36. The van der Waals surface area contributed by atoms with Gasteiger partial charge in [0.1, 0.15) is 0 Å². The van der Waals surface area contributed by atoms with E-state index < -0.39 is 0 Å². The summed E-state index contributed by atoms with van der Waals surface area (Å²) in [6.07, 6.45) is 0. The van der Waals surface area contributed by atoms with Gasteiger partial charge in [0.15, 0.2) is 0 Å². The summed E-state index contributed by atoms with van der Waals surface area (Å²) >= 11 is 1.71. The predicted molar refractivity (Wildman–Crippen MR) is 89.3 cm³/mol. The number of nitrogens with one attached hydrogen (secondary N) is 1. The highest BCUT2D eigenvalue weighted by Gasteiger charge is 2.15. The third-order valence-corrected chi connectivity index (χ3v) is 4.11. The van der Waals surface area contributed by atoms with Gasteiger partial charge in [-0.1, -0.05) is 18.2 Å². The summed E-state index contributed by atoms with van der Waals surface area (Å²) in [5.41, 5.74) is 7.09. The second kappa shape index (κ2) is 7.24. The van der Waals surface area contributed by atoms with Crippen LogP contribution in [0.25, 0.3) is 0 Å². The van der Waals surface area contributed by atoms with E-state index >= 15 is 0 Å². The Morgan fingerprint density at radius 1 is 1.29 bits per heavy atom. The molecule has 1 aromatic carbocycles.